The molecule has 0 aromatic rings. The SMILES string of the molecule is CC(C)(C)[N]=[Mo].CC(C)C(C)(C)[N]=[Mo].CC1CCCC1.CC1CCCC1.CC1CCCC1.CC1CCCC1.CC1CCCC1.CC1CCCC1.CC1CCCC1.CC1CCCC1.CC1CCCC1.CC1CCCC1.CC1CCCC1.CC1CCCC1.CC1CCCC1.CC1CCCC1.CCC(C)(C)[N]=[Mo].CCC(C)[N]=[Mo].CCC(CC)[N]=[Mo].CCCC(C)(C)[N]=[Mo].CCCC(C)[N]=[Mo].[CH3-].[CH3-].[CH3-].[CH3-].[CH3-].[CH3-].[CH3-].[CH3-].[CH3-].[CH3-].[CH3-].[CH3-].[CH3-].[CH3-]. The van der Waals surface area contributed by atoms with Gasteiger partial charge in [-0.15, -0.1) is 0 Å². The molecule has 0 saturated heterocycles. The van der Waals surface area contributed by atoms with Gasteiger partial charge in [0.2, 0.25) is 0 Å². The molecule has 14 saturated carbocycles. The first-order chi connectivity index (χ1) is 62.8. The Hall–Kier alpha value is 3.42. The Labute approximate surface area is 1020 Å². The second kappa shape index (κ2) is 142. The van der Waals surface area contributed by atoms with Crippen LogP contribution < -0.4 is 0 Å². The third kappa shape index (κ3) is 162. The number of nitrogens with zero attached hydrogens (tertiary/aromatic N) is 7. The molecule has 14 heteroatoms. The zero-order chi connectivity index (χ0) is 103. The monoisotopic (exact) mass is 2670 g/mol. The molecule has 14 aliphatic rings. The Morgan fingerprint density at radius 2 is 0.354 bits per heavy atom. The van der Waals surface area contributed by atoms with Crippen molar-refractivity contribution in [3.63, 3.8) is 0 Å². The summed E-state index contributed by atoms with van der Waals surface area (Å²) in [4.78, 5) is 0. The fourth-order valence-electron chi connectivity index (χ4n) is 17.6. The van der Waals surface area contributed by atoms with Crippen molar-refractivity contribution >= 4 is 0 Å². The van der Waals surface area contributed by atoms with Crippen LogP contribution in [0.15, 0.2) is 24.5 Å². The fourth-order valence-corrected chi connectivity index (χ4v) is 20.0. The van der Waals surface area contributed by atoms with Gasteiger partial charge in [-0.2, -0.15) is 0 Å². The maximum atomic E-state index is 4.23. The van der Waals surface area contributed by atoms with Gasteiger partial charge in [0, 0.05) is 0 Å². The van der Waals surface area contributed by atoms with E-state index in [9.17, 15) is 0 Å². The van der Waals surface area contributed by atoms with Crippen LogP contribution >= 0.6 is 0 Å². The van der Waals surface area contributed by atoms with Crippen molar-refractivity contribution in [1.29, 1.82) is 0 Å². The molecule has 0 aliphatic heterocycles. The van der Waals surface area contributed by atoms with Crippen LogP contribution in [0.2, 0.25) is 0 Å². The molecule has 14 fully saturated rings. The normalized spacial score (nSPS) is 18.5. The van der Waals surface area contributed by atoms with Crippen LogP contribution in [0.1, 0.15) is 639 Å². The van der Waals surface area contributed by atoms with Gasteiger partial charge in [-0.3, -0.25) is 0 Å². The smallest absolute Gasteiger partial charge is 0.358 e. The Morgan fingerprint density at radius 1 is 0.204 bits per heavy atom. The Bertz CT molecular complexity index is 1980. The van der Waals surface area contributed by atoms with E-state index >= 15 is 0 Å². The van der Waals surface area contributed by atoms with Gasteiger partial charge < -0.3 is 104 Å². The summed E-state index contributed by atoms with van der Waals surface area (Å²) in [5.41, 5.74) is 0.776. The Balaban J connectivity index is -0.0000000594. The first-order valence-corrected chi connectivity index (χ1v) is 64.4. The quantitative estimate of drug-likeness (QED) is 0.116. The Morgan fingerprint density at radius 3 is 0.374 bits per heavy atom. The summed E-state index contributed by atoms with van der Waals surface area (Å²) in [6.45, 7) is 73.5. The van der Waals surface area contributed by atoms with Crippen molar-refractivity contribution in [3.8, 4) is 0 Å². The Kier molecular flexibility index (Phi) is 193. The first-order valence-electron chi connectivity index (χ1n) is 58.1. The molecule has 0 amide bonds. The molecule has 0 heterocycles. The van der Waals surface area contributed by atoms with Crippen LogP contribution in [0.4, 0.5) is 0 Å². The summed E-state index contributed by atoms with van der Waals surface area (Å²) in [6.07, 6.45) is 92.8. The van der Waals surface area contributed by atoms with E-state index in [2.05, 4.69) is 253 Å². The molecular weight excluding hydrogens is 2370 g/mol. The van der Waals surface area contributed by atoms with Crippen molar-refractivity contribution in [2.75, 3.05) is 0 Å². The van der Waals surface area contributed by atoms with Crippen LogP contribution in [0.3, 0.4) is 0 Å². The minimum absolute atomic E-state index is 0. The third-order valence-corrected chi connectivity index (χ3v) is 37.3. The van der Waals surface area contributed by atoms with Gasteiger partial charge >= 0.3 is 391 Å². The molecule has 14 rings (SSSR count). The fraction of sp³-hybridized carbons (Fsp3) is 0.895. The van der Waals surface area contributed by atoms with E-state index in [1.54, 1.807) is 58.9 Å². The van der Waals surface area contributed by atoms with Gasteiger partial charge in [-0.25, -0.2) is 0 Å². The molecule has 0 radical (unpaired) electrons. The van der Waals surface area contributed by atoms with Gasteiger partial charge in [0.25, 0.3) is 0 Å². The predicted molar refractivity (Wildman–Crippen MR) is 664 cm³/mol. The van der Waals surface area contributed by atoms with Crippen LogP contribution in [0, 0.1) is 193 Å². The first kappa shape index (κ1) is 201. The van der Waals surface area contributed by atoms with E-state index in [0.29, 0.717) is 24.0 Å². The van der Waals surface area contributed by atoms with E-state index in [4.69, 9.17) is 0 Å². The third-order valence-electron chi connectivity index (χ3n) is 29.9. The van der Waals surface area contributed by atoms with Gasteiger partial charge in [0.15, 0.2) is 0 Å². The minimum atomic E-state index is 0. The molecule has 0 aromatic heterocycles. The zero-order valence-corrected chi connectivity index (χ0v) is 125. The zero-order valence-electron chi connectivity index (χ0n) is 111. The average Bonchev–Trinajstić information content (AvgIpc) is 1.85. The van der Waals surface area contributed by atoms with Gasteiger partial charge in [-0.1, -0.05) is 456 Å². The molecule has 0 aromatic carbocycles. The topological polar surface area (TPSA) is 86.5 Å². The molecular formula is C133H287Mo7N7-14. The summed E-state index contributed by atoms with van der Waals surface area (Å²) in [7, 11) is 0. The van der Waals surface area contributed by atoms with Gasteiger partial charge in [-0.05, 0) is 82.9 Å². The second-order valence-corrected chi connectivity index (χ2v) is 51.6. The number of rotatable bonds is 15. The summed E-state index contributed by atoms with van der Waals surface area (Å²) in [5, 5.41) is 0. The summed E-state index contributed by atoms with van der Waals surface area (Å²) in [6, 6.07) is 1.76. The molecule has 0 bridgehead atoms. The van der Waals surface area contributed by atoms with Crippen LogP contribution in [-0.4, -0.2) is 40.3 Å². The molecule has 147 heavy (non-hydrogen) atoms. The van der Waals surface area contributed by atoms with Crippen molar-refractivity contribution in [2.24, 2.45) is 113 Å². The van der Waals surface area contributed by atoms with E-state index < -0.39 is 0 Å². The maximum Gasteiger partial charge on any atom is -0.358 e. The van der Waals surface area contributed by atoms with E-state index in [-0.39, 0.29) is 126 Å². The van der Waals surface area contributed by atoms with Crippen molar-refractivity contribution in [3.05, 3.63) is 104 Å². The maximum absolute atomic E-state index is 4.23. The summed E-state index contributed by atoms with van der Waals surface area (Å²) in [5.74, 6) is 15.3. The minimum Gasteiger partial charge on any atom is -0.358 e. The molecule has 2 atom stereocenters. The van der Waals surface area contributed by atoms with E-state index in [1.165, 1.54) is 405 Å². The molecule has 2 unspecified atom stereocenters. The molecule has 7 nitrogen and oxygen atoms in total. The van der Waals surface area contributed by atoms with Crippen molar-refractivity contribution in [2.45, 2.75) is 680 Å². The largest absolute Gasteiger partial charge is 0.358 e. The van der Waals surface area contributed by atoms with Gasteiger partial charge in [0.05, 0.1) is 0 Å². The number of hydrogen-bond donors (Lipinski definition) is 0. The van der Waals surface area contributed by atoms with Crippen LogP contribution in [0.5, 0.6) is 0 Å². The van der Waals surface area contributed by atoms with E-state index in [0.717, 1.165) is 89.3 Å². The molecule has 0 spiro atoms. The molecule has 14 aliphatic carbocycles. The second-order valence-electron chi connectivity index (χ2n) is 48.2. The van der Waals surface area contributed by atoms with Crippen LogP contribution in [-0.2, 0) is 137 Å². The number of hydrogen-bond acceptors (Lipinski definition) is 7. The van der Waals surface area contributed by atoms with Gasteiger partial charge in [0.1, 0.15) is 0 Å². The molecule has 0 N–H and O–H groups in total. The van der Waals surface area contributed by atoms with E-state index in [1.807, 2.05) is 78.5 Å². The van der Waals surface area contributed by atoms with Crippen molar-refractivity contribution in [1.82, 2.24) is 0 Å². The standard InChI is InChI=1S/2C6H13N.14C6H12.3C5H11N.2C4H9N.14CH3.7Mo/c1-5(2)6(3,4)7;1-4-5-6(2,3)7;14*1-6-4-2-3-5-6;1-4-5(2,3)6;1-3-4-5(2)6;1-3-5(6)4-2;1-4(2,3)5;1-3-4(2)5;;;;;;;;;;;;;;;;;;;;;/h5H,1-4H3;4-5H2,1-3H3;14*6H,2-5H2,1H3;4H2,1-3H3;2*5H,3-4H2,1-2H3;1-3H3;4H,3H2,1-2H3;14*1H3;;;;;;;/q;;;;;;;;;;;;;;;;;;;;;14*-1;;;;;;;. The summed E-state index contributed by atoms with van der Waals surface area (Å²) >= 11 is 12.6. The van der Waals surface area contributed by atoms with Crippen molar-refractivity contribution < 1.29 is 137 Å². The average molecular weight is 2660 g/mol. The predicted octanol–water partition coefficient (Wildman–Crippen LogP) is 50.2. The molecule has 910 valence electrons. The van der Waals surface area contributed by atoms with Crippen LogP contribution in [0.25, 0.3) is 0 Å². The summed E-state index contributed by atoms with van der Waals surface area (Å²) < 4.78 is 28.9.